The largest absolute Gasteiger partial charge is 0.494 e. The highest BCUT2D eigenvalue weighted by molar-refractivity contribution is 6.01. The zero-order valence-electron chi connectivity index (χ0n) is 15.6. The predicted octanol–water partition coefficient (Wildman–Crippen LogP) is 3.94. The Balaban J connectivity index is 1.75. The number of carbonyl (C=O) groups excluding carboxylic acids is 1. The fraction of sp³-hybridized carbons (Fsp3) is 0.190. The molecule has 0 saturated heterocycles. The van der Waals surface area contributed by atoms with E-state index in [0.717, 1.165) is 33.8 Å². The van der Waals surface area contributed by atoms with Gasteiger partial charge in [0.1, 0.15) is 11.4 Å². The second-order valence-electron chi connectivity index (χ2n) is 6.03. The van der Waals surface area contributed by atoms with Crippen molar-refractivity contribution >= 4 is 11.6 Å². The smallest absolute Gasteiger partial charge is 0.289 e. The third-order valence-corrected chi connectivity index (χ3v) is 4.19. The fourth-order valence-electron chi connectivity index (χ4n) is 2.71. The van der Waals surface area contributed by atoms with Crippen molar-refractivity contribution in [3.05, 3.63) is 71.4 Å². The number of nitrogens with one attached hydrogen (secondary N) is 2. The number of carbonyl (C=O) groups is 1. The second kappa shape index (κ2) is 8.31. The highest BCUT2D eigenvalue weighted by Crippen LogP contribution is 2.25. The summed E-state index contributed by atoms with van der Waals surface area (Å²) < 4.78 is 5.45. The van der Waals surface area contributed by atoms with Crippen molar-refractivity contribution in [2.45, 2.75) is 20.8 Å². The maximum Gasteiger partial charge on any atom is 0.289 e. The molecule has 1 heterocycles. The maximum absolute atomic E-state index is 12.5. The lowest BCUT2D eigenvalue weighted by molar-refractivity contribution is 0.0949. The van der Waals surface area contributed by atoms with E-state index in [0.29, 0.717) is 12.3 Å². The van der Waals surface area contributed by atoms with Gasteiger partial charge in [0.15, 0.2) is 0 Å². The van der Waals surface area contributed by atoms with Crippen LogP contribution in [0.4, 0.5) is 0 Å². The summed E-state index contributed by atoms with van der Waals surface area (Å²) in [5.74, 6) is 0.477. The zero-order valence-corrected chi connectivity index (χ0v) is 15.6. The van der Waals surface area contributed by atoms with Crippen molar-refractivity contribution in [1.82, 2.24) is 15.6 Å². The van der Waals surface area contributed by atoms with E-state index in [-0.39, 0.29) is 5.91 Å². The van der Waals surface area contributed by atoms with Crippen molar-refractivity contribution in [1.29, 1.82) is 0 Å². The van der Waals surface area contributed by atoms with E-state index in [1.165, 1.54) is 0 Å². The van der Waals surface area contributed by atoms with Gasteiger partial charge < -0.3 is 4.74 Å². The summed E-state index contributed by atoms with van der Waals surface area (Å²) in [4.78, 5) is 12.5. The minimum Gasteiger partial charge on any atom is -0.494 e. The molecule has 0 spiro atoms. The molecule has 0 unspecified atom stereocenters. The summed E-state index contributed by atoms with van der Waals surface area (Å²) in [7, 11) is 0. The number of benzene rings is 2. The monoisotopic (exact) mass is 362 g/mol. The van der Waals surface area contributed by atoms with Crippen molar-refractivity contribution in [3.8, 4) is 17.0 Å². The van der Waals surface area contributed by atoms with Crippen LogP contribution in [0.2, 0.25) is 0 Å². The van der Waals surface area contributed by atoms with Gasteiger partial charge in [-0.2, -0.15) is 10.2 Å². The first-order chi connectivity index (χ1) is 13.1. The SMILES string of the molecule is CCOc1ccc(-c2n[nH]c(C(=O)NN=C(C)c3ccccc3)c2C)cc1. The standard InChI is InChI=1S/C21H22N4O2/c1-4-27-18-12-10-17(11-13-18)19-14(2)20(24-23-19)21(26)25-22-15(3)16-8-6-5-7-9-16/h5-13H,4H2,1-3H3,(H,23,24)(H,25,26). The lowest BCUT2D eigenvalue weighted by Gasteiger charge is -2.04. The minimum absolute atomic E-state index is 0.326. The van der Waals surface area contributed by atoms with Gasteiger partial charge in [-0.1, -0.05) is 30.3 Å². The number of aromatic nitrogens is 2. The van der Waals surface area contributed by atoms with Gasteiger partial charge in [0.05, 0.1) is 18.0 Å². The molecule has 2 aromatic carbocycles. The van der Waals surface area contributed by atoms with Gasteiger partial charge in [-0.3, -0.25) is 9.89 Å². The second-order valence-corrected chi connectivity index (χ2v) is 6.03. The minimum atomic E-state index is -0.326. The van der Waals surface area contributed by atoms with Crippen molar-refractivity contribution in [3.63, 3.8) is 0 Å². The molecule has 138 valence electrons. The molecule has 0 radical (unpaired) electrons. The molecular weight excluding hydrogens is 340 g/mol. The molecule has 3 aromatic rings. The van der Waals surface area contributed by atoms with E-state index < -0.39 is 0 Å². The topological polar surface area (TPSA) is 79.4 Å². The van der Waals surface area contributed by atoms with Gasteiger partial charge in [-0.15, -0.1) is 0 Å². The van der Waals surface area contributed by atoms with Gasteiger partial charge in [-0.05, 0) is 50.6 Å². The van der Waals surface area contributed by atoms with E-state index in [1.807, 2.05) is 75.4 Å². The van der Waals surface area contributed by atoms with E-state index in [9.17, 15) is 4.79 Å². The molecule has 0 saturated carbocycles. The Bertz CT molecular complexity index is 944. The molecule has 6 nitrogen and oxygen atoms in total. The van der Waals surface area contributed by atoms with Crippen LogP contribution in [0.3, 0.4) is 0 Å². The molecule has 0 bridgehead atoms. The first-order valence-electron chi connectivity index (χ1n) is 8.78. The summed E-state index contributed by atoms with van der Waals surface area (Å²) in [6.45, 7) is 6.27. The Labute approximate surface area is 158 Å². The fourth-order valence-corrected chi connectivity index (χ4v) is 2.71. The Kier molecular flexibility index (Phi) is 5.66. The molecule has 0 aliphatic heterocycles. The number of ether oxygens (including phenoxy) is 1. The molecule has 2 N–H and O–H groups in total. The lowest BCUT2D eigenvalue weighted by atomic mass is 10.1. The molecule has 1 amide bonds. The van der Waals surface area contributed by atoms with Crippen LogP contribution in [0.5, 0.6) is 5.75 Å². The number of H-pyrrole nitrogens is 1. The molecule has 6 heteroatoms. The summed E-state index contributed by atoms with van der Waals surface area (Å²) in [5.41, 5.74) is 7.07. The highest BCUT2D eigenvalue weighted by atomic mass is 16.5. The van der Waals surface area contributed by atoms with E-state index in [2.05, 4.69) is 20.7 Å². The molecular formula is C21H22N4O2. The van der Waals surface area contributed by atoms with Crippen LogP contribution >= 0.6 is 0 Å². The highest BCUT2D eigenvalue weighted by Gasteiger charge is 2.17. The van der Waals surface area contributed by atoms with E-state index in [4.69, 9.17) is 4.74 Å². The molecule has 0 atom stereocenters. The number of nitrogens with zero attached hydrogens (tertiary/aromatic N) is 2. The summed E-state index contributed by atoms with van der Waals surface area (Å²) in [5, 5.41) is 11.3. The number of aromatic amines is 1. The number of rotatable bonds is 6. The van der Waals surface area contributed by atoms with Crippen LogP contribution in [0.25, 0.3) is 11.3 Å². The lowest BCUT2D eigenvalue weighted by Crippen LogP contribution is -2.20. The van der Waals surface area contributed by atoms with Crippen LogP contribution in [-0.2, 0) is 0 Å². The molecule has 0 aliphatic carbocycles. The van der Waals surface area contributed by atoms with Gasteiger partial charge in [0, 0.05) is 11.1 Å². The Morgan fingerprint density at radius 2 is 1.85 bits per heavy atom. The van der Waals surface area contributed by atoms with Gasteiger partial charge >= 0.3 is 0 Å². The predicted molar refractivity (Wildman–Crippen MR) is 106 cm³/mol. The number of hydrazone groups is 1. The molecule has 1 aromatic heterocycles. The quantitative estimate of drug-likeness (QED) is 0.515. The van der Waals surface area contributed by atoms with Gasteiger partial charge in [0.25, 0.3) is 5.91 Å². The number of hydrogen-bond acceptors (Lipinski definition) is 4. The van der Waals surface area contributed by atoms with Crippen molar-refractivity contribution < 1.29 is 9.53 Å². The molecule has 27 heavy (non-hydrogen) atoms. The summed E-state index contributed by atoms with van der Waals surface area (Å²) >= 11 is 0. The summed E-state index contributed by atoms with van der Waals surface area (Å²) in [6, 6.07) is 17.3. The Hall–Kier alpha value is -3.41. The zero-order chi connectivity index (χ0) is 19.2. The summed E-state index contributed by atoms with van der Waals surface area (Å²) in [6.07, 6.45) is 0. The van der Waals surface area contributed by atoms with E-state index >= 15 is 0 Å². The third-order valence-electron chi connectivity index (χ3n) is 4.19. The van der Waals surface area contributed by atoms with Crippen molar-refractivity contribution in [2.24, 2.45) is 5.10 Å². The Morgan fingerprint density at radius 3 is 2.52 bits per heavy atom. The molecule has 0 aliphatic rings. The number of amides is 1. The molecule has 3 rings (SSSR count). The number of hydrogen-bond donors (Lipinski definition) is 2. The van der Waals surface area contributed by atoms with Crippen LogP contribution in [0.15, 0.2) is 59.7 Å². The molecule has 0 fully saturated rings. The third kappa shape index (κ3) is 4.23. The van der Waals surface area contributed by atoms with Gasteiger partial charge in [-0.25, -0.2) is 5.43 Å². The maximum atomic E-state index is 12.5. The van der Waals surface area contributed by atoms with Crippen molar-refractivity contribution in [2.75, 3.05) is 6.61 Å². The first kappa shape index (κ1) is 18.4. The van der Waals surface area contributed by atoms with Crippen LogP contribution in [0.1, 0.15) is 35.5 Å². The Morgan fingerprint density at radius 1 is 1.15 bits per heavy atom. The van der Waals surface area contributed by atoms with Crippen LogP contribution in [0, 0.1) is 6.92 Å². The first-order valence-corrected chi connectivity index (χ1v) is 8.78. The normalized spacial score (nSPS) is 11.3. The van der Waals surface area contributed by atoms with Crippen LogP contribution < -0.4 is 10.2 Å². The average molecular weight is 362 g/mol. The van der Waals surface area contributed by atoms with E-state index in [1.54, 1.807) is 0 Å². The van der Waals surface area contributed by atoms with Gasteiger partial charge in [0.2, 0.25) is 0 Å². The average Bonchev–Trinajstić information content (AvgIpc) is 3.09. The van der Waals surface area contributed by atoms with Crippen LogP contribution in [-0.4, -0.2) is 28.4 Å².